The molecule has 2 rings (SSSR count). The van der Waals surface area contributed by atoms with Gasteiger partial charge in [0.1, 0.15) is 10.6 Å². The number of nitriles is 1. The van der Waals surface area contributed by atoms with E-state index in [1.165, 1.54) is 12.1 Å². The Bertz CT molecular complexity index is 793. The molecule has 108 valence electrons. The van der Waals surface area contributed by atoms with Crippen LogP contribution in [0.25, 0.3) is 0 Å². The molecule has 0 radical (unpaired) electrons. The molecule has 0 fully saturated rings. The van der Waals surface area contributed by atoms with Crippen molar-refractivity contribution in [1.82, 2.24) is 0 Å². The molecule has 2 aromatic carbocycles. The summed E-state index contributed by atoms with van der Waals surface area (Å²) >= 11 is 0. The van der Waals surface area contributed by atoms with Gasteiger partial charge in [0.2, 0.25) is 10.0 Å². The molecular formula is C14H13N3O3S. The first-order chi connectivity index (χ1) is 9.91. The van der Waals surface area contributed by atoms with Gasteiger partial charge in [-0.1, -0.05) is 18.2 Å². The van der Waals surface area contributed by atoms with Crippen LogP contribution >= 0.6 is 0 Å². The van der Waals surface area contributed by atoms with Gasteiger partial charge in [0.05, 0.1) is 18.2 Å². The highest BCUT2D eigenvalue weighted by Crippen LogP contribution is 2.31. The Morgan fingerprint density at radius 1 is 1.14 bits per heavy atom. The number of primary sulfonamides is 1. The summed E-state index contributed by atoms with van der Waals surface area (Å²) < 4.78 is 28.3. The van der Waals surface area contributed by atoms with Crippen molar-refractivity contribution < 1.29 is 13.2 Å². The maximum atomic E-state index is 11.4. The van der Waals surface area contributed by atoms with Crippen molar-refractivity contribution in [2.24, 2.45) is 5.14 Å². The van der Waals surface area contributed by atoms with E-state index in [2.05, 4.69) is 0 Å². The topological polar surface area (TPSA) is 119 Å². The lowest BCUT2D eigenvalue weighted by atomic mass is 10.2. The van der Waals surface area contributed by atoms with Gasteiger partial charge in [-0.3, -0.25) is 0 Å². The SMILES string of the molecule is N#CCc1ccc(Oc2cccc(S(N)(=O)=O)c2N)cc1. The molecule has 7 heteroatoms. The summed E-state index contributed by atoms with van der Waals surface area (Å²) in [6.07, 6.45) is 0.309. The van der Waals surface area contributed by atoms with E-state index in [-0.39, 0.29) is 16.3 Å². The first-order valence-electron chi connectivity index (χ1n) is 5.97. The first kappa shape index (κ1) is 14.8. The van der Waals surface area contributed by atoms with Crippen molar-refractivity contribution >= 4 is 15.7 Å². The van der Waals surface area contributed by atoms with Crippen molar-refractivity contribution in [3.8, 4) is 17.6 Å². The summed E-state index contributed by atoms with van der Waals surface area (Å²) in [6, 6.07) is 13.3. The summed E-state index contributed by atoms with van der Waals surface area (Å²) in [7, 11) is -3.90. The molecular weight excluding hydrogens is 290 g/mol. The second-order valence-electron chi connectivity index (χ2n) is 4.29. The van der Waals surface area contributed by atoms with Gasteiger partial charge in [-0.15, -0.1) is 0 Å². The molecule has 0 atom stereocenters. The van der Waals surface area contributed by atoms with Crippen LogP contribution in [0, 0.1) is 11.3 Å². The number of nitrogen functional groups attached to an aromatic ring is 1. The second kappa shape index (κ2) is 5.83. The number of benzene rings is 2. The molecule has 0 saturated heterocycles. The van der Waals surface area contributed by atoms with Gasteiger partial charge in [0.15, 0.2) is 5.75 Å². The lowest BCUT2D eigenvalue weighted by Gasteiger charge is -2.11. The molecule has 0 aliphatic heterocycles. The monoisotopic (exact) mass is 303 g/mol. The van der Waals surface area contributed by atoms with E-state index in [0.717, 1.165) is 5.56 Å². The van der Waals surface area contributed by atoms with Gasteiger partial charge >= 0.3 is 0 Å². The fraction of sp³-hybridized carbons (Fsp3) is 0.0714. The van der Waals surface area contributed by atoms with E-state index in [1.54, 1.807) is 30.3 Å². The van der Waals surface area contributed by atoms with Gasteiger partial charge in [-0.25, -0.2) is 13.6 Å². The highest BCUT2D eigenvalue weighted by atomic mass is 32.2. The molecule has 0 unspecified atom stereocenters. The summed E-state index contributed by atoms with van der Waals surface area (Å²) in [5.41, 5.74) is 6.58. The predicted molar refractivity (Wildman–Crippen MR) is 78.1 cm³/mol. The second-order valence-corrected chi connectivity index (χ2v) is 5.82. The van der Waals surface area contributed by atoms with Crippen molar-refractivity contribution in [1.29, 1.82) is 5.26 Å². The van der Waals surface area contributed by atoms with Crippen LogP contribution < -0.4 is 15.6 Å². The van der Waals surface area contributed by atoms with Crippen LogP contribution in [-0.4, -0.2) is 8.42 Å². The minimum absolute atomic E-state index is 0.0406. The maximum absolute atomic E-state index is 11.4. The van der Waals surface area contributed by atoms with E-state index in [1.807, 2.05) is 6.07 Å². The van der Waals surface area contributed by atoms with Crippen molar-refractivity contribution in [3.63, 3.8) is 0 Å². The smallest absolute Gasteiger partial charge is 0.240 e. The molecule has 21 heavy (non-hydrogen) atoms. The summed E-state index contributed by atoms with van der Waals surface area (Å²) in [5, 5.41) is 13.7. The third-order valence-corrected chi connectivity index (χ3v) is 3.74. The molecule has 0 aliphatic rings. The van der Waals surface area contributed by atoms with Gasteiger partial charge < -0.3 is 10.5 Å². The molecule has 0 spiro atoms. The number of sulfonamides is 1. The average molecular weight is 303 g/mol. The average Bonchev–Trinajstić information content (AvgIpc) is 2.42. The van der Waals surface area contributed by atoms with Crippen LogP contribution in [-0.2, 0) is 16.4 Å². The number of nitrogens with zero attached hydrogens (tertiary/aromatic N) is 1. The van der Waals surface area contributed by atoms with E-state index in [9.17, 15) is 8.42 Å². The van der Waals surface area contributed by atoms with Gasteiger partial charge in [0.25, 0.3) is 0 Å². The first-order valence-corrected chi connectivity index (χ1v) is 7.51. The normalized spacial score (nSPS) is 10.9. The van der Waals surface area contributed by atoms with Crippen molar-refractivity contribution in [2.75, 3.05) is 5.73 Å². The van der Waals surface area contributed by atoms with E-state index in [0.29, 0.717) is 12.2 Å². The third-order valence-electron chi connectivity index (χ3n) is 2.77. The number of hydrogen-bond acceptors (Lipinski definition) is 5. The van der Waals surface area contributed by atoms with Crippen molar-refractivity contribution in [2.45, 2.75) is 11.3 Å². The van der Waals surface area contributed by atoms with E-state index >= 15 is 0 Å². The number of anilines is 1. The Morgan fingerprint density at radius 2 is 1.81 bits per heavy atom. The number of nitrogens with two attached hydrogens (primary N) is 2. The number of ether oxygens (including phenoxy) is 1. The van der Waals surface area contributed by atoms with Gasteiger partial charge in [-0.2, -0.15) is 5.26 Å². The Balaban J connectivity index is 2.30. The standard InChI is InChI=1S/C14H13N3O3S/c15-9-8-10-4-6-11(7-5-10)20-12-2-1-3-13(14(12)16)21(17,18)19/h1-7H,8,16H2,(H2,17,18,19). The summed E-state index contributed by atoms with van der Waals surface area (Å²) in [5.74, 6) is 0.685. The molecule has 0 bridgehead atoms. The van der Waals surface area contributed by atoms with Crippen LogP contribution in [0.2, 0.25) is 0 Å². The predicted octanol–water partition coefficient (Wildman–Crippen LogP) is 1.77. The van der Waals surface area contributed by atoms with Crippen LogP contribution in [0.3, 0.4) is 0 Å². The largest absolute Gasteiger partial charge is 0.455 e. The molecule has 0 heterocycles. The fourth-order valence-corrected chi connectivity index (χ4v) is 2.43. The minimum Gasteiger partial charge on any atom is -0.455 e. The molecule has 2 aromatic rings. The van der Waals surface area contributed by atoms with Crippen LogP contribution in [0.5, 0.6) is 11.5 Å². The van der Waals surface area contributed by atoms with Gasteiger partial charge in [0, 0.05) is 0 Å². The Kier molecular flexibility index (Phi) is 4.12. The van der Waals surface area contributed by atoms with Crippen molar-refractivity contribution in [3.05, 3.63) is 48.0 Å². The third kappa shape index (κ3) is 3.51. The molecule has 6 nitrogen and oxygen atoms in total. The van der Waals surface area contributed by atoms with Crippen LogP contribution in [0.1, 0.15) is 5.56 Å². The lowest BCUT2D eigenvalue weighted by Crippen LogP contribution is -2.14. The minimum atomic E-state index is -3.90. The van der Waals surface area contributed by atoms with E-state index < -0.39 is 10.0 Å². The summed E-state index contributed by atoms with van der Waals surface area (Å²) in [6.45, 7) is 0. The Hall–Kier alpha value is -2.56. The highest BCUT2D eigenvalue weighted by molar-refractivity contribution is 7.89. The number of rotatable bonds is 4. The highest BCUT2D eigenvalue weighted by Gasteiger charge is 2.15. The maximum Gasteiger partial charge on any atom is 0.240 e. The molecule has 0 aromatic heterocycles. The fourth-order valence-electron chi connectivity index (χ4n) is 1.75. The quantitative estimate of drug-likeness (QED) is 0.834. The molecule has 0 saturated carbocycles. The van der Waals surface area contributed by atoms with E-state index in [4.69, 9.17) is 20.9 Å². The zero-order chi connectivity index (χ0) is 15.5. The number of para-hydroxylation sites is 1. The van der Waals surface area contributed by atoms with Crippen LogP contribution in [0.4, 0.5) is 5.69 Å². The molecule has 4 N–H and O–H groups in total. The molecule has 0 aliphatic carbocycles. The summed E-state index contributed by atoms with van der Waals surface area (Å²) in [4.78, 5) is -0.180. The number of hydrogen-bond donors (Lipinski definition) is 2. The van der Waals surface area contributed by atoms with Gasteiger partial charge in [-0.05, 0) is 29.8 Å². The zero-order valence-electron chi connectivity index (χ0n) is 11.0. The molecule has 0 amide bonds. The Labute approximate surface area is 122 Å². The van der Waals surface area contributed by atoms with Crippen LogP contribution in [0.15, 0.2) is 47.4 Å². The Morgan fingerprint density at radius 3 is 2.38 bits per heavy atom. The zero-order valence-corrected chi connectivity index (χ0v) is 11.8. The lowest BCUT2D eigenvalue weighted by molar-refractivity contribution is 0.483.